The third-order valence-corrected chi connectivity index (χ3v) is 6.17. The highest BCUT2D eigenvalue weighted by atomic mass is 32.2. The van der Waals surface area contributed by atoms with Gasteiger partial charge in [-0.2, -0.15) is 8.42 Å². The fourth-order valence-electron chi connectivity index (χ4n) is 3.63. The topological polar surface area (TPSA) is 119 Å². The van der Waals surface area contributed by atoms with E-state index >= 15 is 0 Å². The molecule has 8 nitrogen and oxygen atoms in total. The van der Waals surface area contributed by atoms with Crippen LogP contribution in [0.15, 0.2) is 52.3 Å². The standard InChI is InChI=1S/C19H12N2O6S2/c1-9-2-3-15-16(4-9)21-19-14-8-12(29(23,24)25)6-10-5-11(28-27-26-22)7-13(17(10)14)18(19)20-15/h2-8,22H,1H3,(H,23,24,25). The maximum atomic E-state index is 11.8. The molecular formula is C19H12N2O6S2. The molecule has 1 heterocycles. The summed E-state index contributed by atoms with van der Waals surface area (Å²) in [6, 6.07) is 12.0. The zero-order valence-electron chi connectivity index (χ0n) is 14.8. The summed E-state index contributed by atoms with van der Waals surface area (Å²) in [4.78, 5) is 9.77. The fourth-order valence-corrected chi connectivity index (χ4v) is 4.62. The van der Waals surface area contributed by atoms with Crippen LogP contribution < -0.4 is 0 Å². The highest BCUT2D eigenvalue weighted by Gasteiger charge is 2.28. The molecule has 5 rings (SSSR count). The summed E-state index contributed by atoms with van der Waals surface area (Å²) >= 11 is 0.749. The van der Waals surface area contributed by atoms with Crippen LogP contribution >= 0.6 is 12.0 Å². The van der Waals surface area contributed by atoms with Crippen LogP contribution in [0.1, 0.15) is 5.56 Å². The van der Waals surface area contributed by atoms with Crippen molar-refractivity contribution < 1.29 is 27.6 Å². The lowest BCUT2D eigenvalue weighted by atomic mass is 10.0. The lowest BCUT2D eigenvalue weighted by Gasteiger charge is -2.07. The number of rotatable bonds is 4. The lowest BCUT2D eigenvalue weighted by Crippen LogP contribution is -1.98. The van der Waals surface area contributed by atoms with Crippen molar-refractivity contribution in [2.45, 2.75) is 16.7 Å². The van der Waals surface area contributed by atoms with E-state index in [0.29, 0.717) is 38.3 Å². The van der Waals surface area contributed by atoms with Gasteiger partial charge in [-0.3, -0.25) is 4.55 Å². The average Bonchev–Trinajstić information content (AvgIpc) is 2.98. The smallest absolute Gasteiger partial charge is 0.282 e. The molecule has 4 aromatic rings. The van der Waals surface area contributed by atoms with Gasteiger partial charge in [0.05, 0.1) is 39.4 Å². The van der Waals surface area contributed by atoms with Crippen molar-refractivity contribution >= 4 is 44.0 Å². The number of fused-ring (bicyclic) bond motifs is 4. The van der Waals surface area contributed by atoms with Crippen molar-refractivity contribution in [2.24, 2.45) is 0 Å². The van der Waals surface area contributed by atoms with Gasteiger partial charge in [0, 0.05) is 21.4 Å². The zero-order valence-corrected chi connectivity index (χ0v) is 16.4. The number of hydrogen-bond donors (Lipinski definition) is 2. The number of hydrogen-bond acceptors (Lipinski definition) is 8. The zero-order chi connectivity index (χ0) is 20.3. The van der Waals surface area contributed by atoms with Crippen LogP contribution in [0.2, 0.25) is 0 Å². The van der Waals surface area contributed by atoms with E-state index < -0.39 is 10.1 Å². The second-order valence-corrected chi connectivity index (χ2v) is 8.85. The molecule has 0 spiro atoms. The van der Waals surface area contributed by atoms with Gasteiger partial charge in [-0.15, -0.1) is 4.33 Å². The molecule has 1 aromatic heterocycles. The Bertz CT molecular complexity index is 1440. The molecule has 0 fully saturated rings. The van der Waals surface area contributed by atoms with E-state index in [1.54, 1.807) is 12.1 Å². The van der Waals surface area contributed by atoms with Gasteiger partial charge < -0.3 is 0 Å². The van der Waals surface area contributed by atoms with Crippen molar-refractivity contribution in [1.82, 2.24) is 9.97 Å². The van der Waals surface area contributed by atoms with E-state index in [2.05, 4.69) is 9.37 Å². The van der Waals surface area contributed by atoms with E-state index in [0.717, 1.165) is 28.6 Å². The van der Waals surface area contributed by atoms with E-state index in [1.165, 1.54) is 12.1 Å². The first-order valence-corrected chi connectivity index (χ1v) is 10.6. The normalized spacial score (nSPS) is 12.7. The lowest BCUT2D eigenvalue weighted by molar-refractivity contribution is -0.432. The van der Waals surface area contributed by atoms with Crippen molar-refractivity contribution in [3.63, 3.8) is 0 Å². The molecule has 3 aromatic carbocycles. The monoisotopic (exact) mass is 428 g/mol. The molecule has 1 aliphatic rings. The second kappa shape index (κ2) is 6.46. The molecule has 1 aliphatic carbocycles. The Morgan fingerprint density at radius 2 is 1.69 bits per heavy atom. The SMILES string of the molecule is Cc1ccc2nc3c(nc2c1)-c1cc(S(=O)(=O)O)cc2cc(SOOO)cc-3c12. The average molecular weight is 428 g/mol. The van der Waals surface area contributed by atoms with E-state index in [1.807, 2.05) is 25.1 Å². The van der Waals surface area contributed by atoms with Crippen molar-refractivity contribution in [3.05, 3.63) is 48.0 Å². The Morgan fingerprint density at radius 1 is 0.966 bits per heavy atom. The number of nitrogens with zero attached hydrogens (tertiary/aromatic N) is 2. The highest BCUT2D eigenvalue weighted by Crippen LogP contribution is 2.48. The third kappa shape index (κ3) is 2.97. The van der Waals surface area contributed by atoms with E-state index in [9.17, 15) is 13.0 Å². The molecule has 29 heavy (non-hydrogen) atoms. The number of benzene rings is 3. The molecule has 0 radical (unpaired) electrons. The van der Waals surface area contributed by atoms with Crippen LogP contribution in [0.4, 0.5) is 0 Å². The first kappa shape index (κ1) is 18.4. The first-order valence-electron chi connectivity index (χ1n) is 8.38. The maximum Gasteiger partial charge on any atom is 0.294 e. The first-order chi connectivity index (χ1) is 13.8. The molecule has 0 unspecified atom stereocenters. The summed E-state index contributed by atoms with van der Waals surface area (Å²) in [6.07, 6.45) is 0. The van der Waals surface area contributed by atoms with Gasteiger partial charge in [0.1, 0.15) is 0 Å². The number of aromatic nitrogens is 2. The summed E-state index contributed by atoms with van der Waals surface area (Å²) in [5.74, 6) is 0. The van der Waals surface area contributed by atoms with Gasteiger partial charge in [0.15, 0.2) is 0 Å². The Kier molecular flexibility index (Phi) is 4.10. The van der Waals surface area contributed by atoms with Gasteiger partial charge >= 0.3 is 0 Å². The van der Waals surface area contributed by atoms with Gasteiger partial charge in [-0.1, -0.05) is 11.1 Å². The van der Waals surface area contributed by atoms with Crippen molar-refractivity contribution in [2.75, 3.05) is 0 Å². The summed E-state index contributed by atoms with van der Waals surface area (Å²) in [6.45, 7) is 1.95. The quantitative estimate of drug-likeness (QED) is 0.186. The minimum Gasteiger partial charge on any atom is -0.282 e. The molecular weight excluding hydrogens is 416 g/mol. The molecule has 0 saturated heterocycles. The Hall–Kier alpha value is -2.60. The fraction of sp³-hybridized carbons (Fsp3) is 0.0526. The van der Waals surface area contributed by atoms with E-state index in [4.69, 9.17) is 15.2 Å². The van der Waals surface area contributed by atoms with Gasteiger partial charge in [0.2, 0.25) is 0 Å². The minimum absolute atomic E-state index is 0.244. The molecule has 0 saturated carbocycles. The van der Waals surface area contributed by atoms with E-state index in [-0.39, 0.29) is 4.90 Å². The Morgan fingerprint density at radius 3 is 2.41 bits per heavy atom. The van der Waals surface area contributed by atoms with Crippen LogP contribution in [-0.2, 0) is 19.5 Å². The third-order valence-electron chi connectivity index (χ3n) is 4.78. The van der Waals surface area contributed by atoms with Crippen LogP contribution in [0, 0.1) is 6.92 Å². The predicted octanol–water partition coefficient (Wildman–Crippen LogP) is 4.41. The molecule has 0 aliphatic heterocycles. The van der Waals surface area contributed by atoms with Gasteiger partial charge in [-0.25, -0.2) is 15.2 Å². The second-order valence-electron chi connectivity index (χ2n) is 6.65. The molecule has 0 amide bonds. The molecule has 2 N–H and O–H groups in total. The Labute approximate surface area is 168 Å². The molecule has 0 bridgehead atoms. The molecule has 10 heteroatoms. The van der Waals surface area contributed by atoms with Crippen LogP contribution in [-0.4, -0.2) is 28.2 Å². The largest absolute Gasteiger partial charge is 0.294 e. The predicted molar refractivity (Wildman–Crippen MR) is 107 cm³/mol. The summed E-state index contributed by atoms with van der Waals surface area (Å²) < 4.78 is 37.8. The molecule has 146 valence electrons. The van der Waals surface area contributed by atoms with Crippen molar-refractivity contribution in [3.8, 4) is 22.5 Å². The number of aryl methyl sites for hydroxylation is 1. The Balaban J connectivity index is 1.88. The van der Waals surface area contributed by atoms with Crippen molar-refractivity contribution in [1.29, 1.82) is 0 Å². The van der Waals surface area contributed by atoms with Crippen LogP contribution in [0.5, 0.6) is 0 Å². The summed E-state index contributed by atoms with van der Waals surface area (Å²) in [7, 11) is -4.44. The van der Waals surface area contributed by atoms with Crippen LogP contribution in [0.25, 0.3) is 44.3 Å². The highest BCUT2D eigenvalue weighted by molar-refractivity contribution is 7.94. The maximum absolute atomic E-state index is 11.8. The summed E-state index contributed by atoms with van der Waals surface area (Å²) in [5, 5.41) is 13.4. The minimum atomic E-state index is -4.44. The van der Waals surface area contributed by atoms with Gasteiger partial charge in [-0.05, 0) is 54.3 Å². The van der Waals surface area contributed by atoms with Crippen LogP contribution in [0.3, 0.4) is 0 Å². The molecule has 0 atom stereocenters. The van der Waals surface area contributed by atoms with Gasteiger partial charge in [0.25, 0.3) is 10.1 Å². The summed E-state index contributed by atoms with van der Waals surface area (Å²) in [5.41, 5.74) is 4.88.